The molecule has 0 atom stereocenters. The van der Waals surface area contributed by atoms with Crippen LogP contribution in [-0.4, -0.2) is 40.3 Å². The molecule has 0 fully saturated rings. The van der Waals surface area contributed by atoms with Gasteiger partial charge in [0.1, 0.15) is 0 Å². The Morgan fingerprint density at radius 2 is 0.605 bits per heavy atom. The topological polar surface area (TPSA) is 77.4 Å². The number of hydrogen-bond acceptors (Lipinski definition) is 7. The molecule has 7 heteroatoms. The maximum absolute atomic E-state index is 4.98. The lowest BCUT2D eigenvalue weighted by Gasteiger charge is -2.30. The average molecular weight is 552 g/mol. The Kier molecular flexibility index (Phi) is 5.06. The van der Waals surface area contributed by atoms with Gasteiger partial charge in [0, 0.05) is 16.7 Å². The molecule has 7 nitrogen and oxygen atoms in total. The molecule has 0 spiro atoms. The minimum absolute atomic E-state index is 0.435. The second-order valence-electron chi connectivity index (χ2n) is 10.5. The molecular formula is C36H21N7. The van der Waals surface area contributed by atoms with E-state index in [0.717, 1.165) is 49.0 Å². The molecule has 6 aromatic rings. The van der Waals surface area contributed by atoms with Crippen molar-refractivity contribution in [1.82, 2.24) is 4.90 Å². The summed E-state index contributed by atoms with van der Waals surface area (Å²) in [5, 5.41) is 6.51. The summed E-state index contributed by atoms with van der Waals surface area (Å²) >= 11 is 0. The van der Waals surface area contributed by atoms with Crippen LogP contribution in [0.4, 0.5) is 0 Å². The Morgan fingerprint density at radius 1 is 0.302 bits per heavy atom. The van der Waals surface area contributed by atoms with Gasteiger partial charge in [-0.15, -0.1) is 0 Å². The van der Waals surface area contributed by atoms with Crippen LogP contribution in [0, 0.1) is 0 Å². The Morgan fingerprint density at radius 3 is 0.953 bits per heavy atom. The van der Waals surface area contributed by atoms with E-state index in [-0.39, 0.29) is 0 Å². The van der Waals surface area contributed by atoms with Crippen molar-refractivity contribution in [3.8, 4) is 0 Å². The van der Waals surface area contributed by atoms with Crippen molar-refractivity contribution < 1.29 is 0 Å². The van der Waals surface area contributed by atoms with Crippen molar-refractivity contribution in [1.29, 1.82) is 0 Å². The van der Waals surface area contributed by atoms with Crippen LogP contribution in [0.2, 0.25) is 0 Å². The molecule has 0 aromatic heterocycles. The fraction of sp³-hybridized carbons (Fsp3) is 0. The molecular weight excluding hydrogens is 530 g/mol. The highest BCUT2D eigenvalue weighted by Gasteiger charge is 2.36. The van der Waals surface area contributed by atoms with Gasteiger partial charge in [0.25, 0.3) is 0 Å². The van der Waals surface area contributed by atoms with Gasteiger partial charge in [0.2, 0.25) is 17.9 Å². The summed E-state index contributed by atoms with van der Waals surface area (Å²) < 4.78 is 0. The lowest BCUT2D eigenvalue weighted by molar-refractivity contribution is 0.828. The van der Waals surface area contributed by atoms with E-state index in [0.29, 0.717) is 35.4 Å². The quantitative estimate of drug-likeness (QED) is 0.229. The first kappa shape index (κ1) is 23.6. The highest BCUT2D eigenvalue weighted by atomic mass is 15.5. The fourth-order valence-electron chi connectivity index (χ4n) is 5.91. The highest BCUT2D eigenvalue weighted by molar-refractivity contribution is 6.36. The number of rotatable bonds is 3. The molecule has 200 valence electrons. The fourth-order valence-corrected chi connectivity index (χ4v) is 5.91. The van der Waals surface area contributed by atoms with Crippen molar-refractivity contribution >= 4 is 67.7 Å². The molecule has 6 aromatic carbocycles. The number of guanidine groups is 3. The van der Waals surface area contributed by atoms with E-state index < -0.39 is 0 Å². The third-order valence-corrected chi connectivity index (χ3v) is 7.93. The smallest absolute Gasteiger partial charge is 0.213 e. The van der Waals surface area contributed by atoms with Gasteiger partial charge < -0.3 is 0 Å². The van der Waals surface area contributed by atoms with Crippen LogP contribution in [0.5, 0.6) is 0 Å². The summed E-state index contributed by atoms with van der Waals surface area (Å²) in [6, 6.07) is 43.2. The van der Waals surface area contributed by atoms with E-state index in [9.17, 15) is 0 Å². The molecule has 0 unspecified atom stereocenters. The number of fused-ring (bicyclic) bond motifs is 3. The minimum atomic E-state index is 0.435. The SMILES string of the molecule is c1ccc2c(C3=NC4=NC(c5cccc6ccccc56)=NC5=NC(c6cccc7ccccc67)=NC(=N3)N45)cccc2c1. The van der Waals surface area contributed by atoms with Gasteiger partial charge in [0.05, 0.1) is 0 Å². The summed E-state index contributed by atoms with van der Waals surface area (Å²) in [6.45, 7) is 0. The molecule has 43 heavy (non-hydrogen) atoms. The number of benzene rings is 6. The lowest BCUT2D eigenvalue weighted by atomic mass is 10.0. The number of aliphatic imine (C=N–C) groups is 6. The van der Waals surface area contributed by atoms with Crippen LogP contribution in [-0.2, 0) is 0 Å². The van der Waals surface area contributed by atoms with E-state index in [4.69, 9.17) is 30.0 Å². The lowest BCUT2D eigenvalue weighted by Crippen LogP contribution is -2.48. The van der Waals surface area contributed by atoms with Crippen LogP contribution in [0.15, 0.2) is 157 Å². The molecule has 0 bridgehead atoms. The van der Waals surface area contributed by atoms with E-state index in [1.807, 2.05) is 72.8 Å². The van der Waals surface area contributed by atoms with Gasteiger partial charge in [-0.2, -0.15) is 30.0 Å². The van der Waals surface area contributed by atoms with Gasteiger partial charge in [-0.05, 0) is 32.3 Å². The van der Waals surface area contributed by atoms with Crippen molar-refractivity contribution in [3.63, 3.8) is 0 Å². The van der Waals surface area contributed by atoms with E-state index in [2.05, 4.69) is 54.6 Å². The maximum Gasteiger partial charge on any atom is 0.243 e. The minimum Gasteiger partial charge on any atom is -0.213 e. The first-order chi connectivity index (χ1) is 21.3. The van der Waals surface area contributed by atoms with Crippen LogP contribution in [0.3, 0.4) is 0 Å². The molecule has 3 aliphatic rings. The van der Waals surface area contributed by atoms with Crippen molar-refractivity contribution in [2.24, 2.45) is 30.0 Å². The number of nitrogens with zero attached hydrogens (tertiary/aromatic N) is 7. The first-order valence-electron chi connectivity index (χ1n) is 14.1. The largest absolute Gasteiger partial charge is 0.243 e. The van der Waals surface area contributed by atoms with Crippen LogP contribution in [0.25, 0.3) is 32.3 Å². The predicted molar refractivity (Wildman–Crippen MR) is 176 cm³/mol. The average Bonchev–Trinajstić information content (AvgIpc) is 3.07. The molecule has 3 heterocycles. The Balaban J connectivity index is 1.30. The number of amidine groups is 3. The molecule has 0 amide bonds. The van der Waals surface area contributed by atoms with Crippen molar-refractivity contribution in [2.45, 2.75) is 0 Å². The summed E-state index contributed by atoms with van der Waals surface area (Å²) in [5.41, 5.74) is 2.73. The standard InChI is InChI=1S/C36H21N7/c1-4-16-25-22(10-1)13-7-19-28(25)31-37-34-39-32(29-20-8-14-23-11-2-5-17-26(23)29)41-36-42-33(40-35(38-31)43(34)36)30-21-9-15-24-12-3-6-18-27(24)30/h1-21H. The van der Waals surface area contributed by atoms with Gasteiger partial charge in [-0.3, -0.25) is 0 Å². The molecule has 0 radical (unpaired) electrons. The molecule has 3 aliphatic heterocycles. The monoisotopic (exact) mass is 551 g/mol. The normalized spacial score (nSPS) is 15.8. The zero-order valence-corrected chi connectivity index (χ0v) is 22.8. The number of hydrogen-bond donors (Lipinski definition) is 0. The summed E-state index contributed by atoms with van der Waals surface area (Å²) in [6.07, 6.45) is 0. The highest BCUT2D eigenvalue weighted by Crippen LogP contribution is 2.29. The second-order valence-corrected chi connectivity index (χ2v) is 10.5. The van der Waals surface area contributed by atoms with Crippen LogP contribution in [0.1, 0.15) is 16.7 Å². The second kappa shape index (κ2) is 9.22. The maximum atomic E-state index is 4.98. The summed E-state index contributed by atoms with van der Waals surface area (Å²) in [5.74, 6) is 2.94. The molecule has 0 saturated carbocycles. The molecule has 9 rings (SSSR count). The molecule has 0 N–H and O–H groups in total. The van der Waals surface area contributed by atoms with Gasteiger partial charge in [0.15, 0.2) is 17.5 Å². The Hall–Kier alpha value is -6.08. The third kappa shape index (κ3) is 3.75. The van der Waals surface area contributed by atoms with Gasteiger partial charge in [-0.25, -0.2) is 4.90 Å². The summed E-state index contributed by atoms with van der Waals surface area (Å²) in [4.78, 5) is 31.6. The van der Waals surface area contributed by atoms with Crippen LogP contribution < -0.4 is 0 Å². The first-order valence-corrected chi connectivity index (χ1v) is 14.1. The zero-order chi connectivity index (χ0) is 28.3. The third-order valence-electron chi connectivity index (χ3n) is 7.93. The van der Waals surface area contributed by atoms with Crippen molar-refractivity contribution in [2.75, 3.05) is 0 Å². The summed E-state index contributed by atoms with van der Waals surface area (Å²) in [7, 11) is 0. The van der Waals surface area contributed by atoms with Gasteiger partial charge >= 0.3 is 0 Å². The zero-order valence-electron chi connectivity index (χ0n) is 22.8. The van der Waals surface area contributed by atoms with E-state index >= 15 is 0 Å². The van der Waals surface area contributed by atoms with Gasteiger partial charge in [-0.1, -0.05) is 127 Å². The predicted octanol–water partition coefficient (Wildman–Crippen LogP) is 7.20. The molecule has 0 aliphatic carbocycles. The Bertz CT molecular complexity index is 2080. The van der Waals surface area contributed by atoms with Crippen LogP contribution >= 0.6 is 0 Å². The molecule has 0 saturated heterocycles. The van der Waals surface area contributed by atoms with E-state index in [1.165, 1.54) is 0 Å². The Labute approximate surface area is 246 Å². The van der Waals surface area contributed by atoms with Crippen molar-refractivity contribution in [3.05, 3.63) is 144 Å². The van der Waals surface area contributed by atoms with E-state index in [1.54, 1.807) is 4.90 Å².